The summed E-state index contributed by atoms with van der Waals surface area (Å²) in [7, 11) is 0. The van der Waals surface area contributed by atoms with E-state index in [0.29, 0.717) is 10.2 Å². The Kier molecular flexibility index (Phi) is 5.16. The highest BCUT2D eigenvalue weighted by atomic mass is 35.5. The molecule has 25 heavy (non-hydrogen) atoms. The number of amides is 1. The van der Waals surface area contributed by atoms with Gasteiger partial charge < -0.3 is 9.72 Å². The fourth-order valence-electron chi connectivity index (χ4n) is 2.05. The molecule has 3 rings (SSSR count). The normalized spacial score (nSPS) is 10.5. The van der Waals surface area contributed by atoms with Crippen molar-refractivity contribution in [2.75, 3.05) is 5.32 Å². The second kappa shape index (κ2) is 7.50. The molecule has 1 aromatic carbocycles. The molecule has 6 nitrogen and oxygen atoms in total. The Balaban J connectivity index is 1.69. The van der Waals surface area contributed by atoms with Crippen LogP contribution in [0.5, 0.6) is 5.75 Å². The van der Waals surface area contributed by atoms with Crippen LogP contribution in [-0.4, -0.2) is 15.9 Å². The molecule has 0 fully saturated rings. The van der Waals surface area contributed by atoms with Gasteiger partial charge in [0.2, 0.25) is 5.43 Å². The van der Waals surface area contributed by atoms with Gasteiger partial charge in [0.05, 0.1) is 5.69 Å². The Hall–Kier alpha value is -2.64. The predicted octanol–water partition coefficient (Wildman–Crippen LogP) is 3.62. The van der Waals surface area contributed by atoms with E-state index in [4.69, 9.17) is 16.3 Å². The van der Waals surface area contributed by atoms with Crippen LogP contribution in [0.2, 0.25) is 5.02 Å². The third-order valence-electron chi connectivity index (χ3n) is 3.30. The summed E-state index contributed by atoms with van der Waals surface area (Å²) in [6.45, 7) is 1.99. The average Bonchev–Trinajstić information content (AvgIpc) is 3.00. The van der Waals surface area contributed by atoms with Crippen LogP contribution in [0.4, 0.5) is 5.13 Å². The van der Waals surface area contributed by atoms with Gasteiger partial charge in [0, 0.05) is 28.2 Å². The molecule has 0 saturated carbocycles. The molecule has 0 radical (unpaired) electrons. The average molecular weight is 376 g/mol. The highest BCUT2D eigenvalue weighted by Crippen LogP contribution is 2.17. The van der Waals surface area contributed by atoms with E-state index in [1.165, 1.54) is 23.6 Å². The van der Waals surface area contributed by atoms with Crippen molar-refractivity contribution in [2.24, 2.45) is 0 Å². The van der Waals surface area contributed by atoms with Crippen LogP contribution in [0.15, 0.2) is 46.7 Å². The number of carbonyl (C=O) groups excluding carboxylic acids is 1. The number of anilines is 1. The first-order valence-corrected chi connectivity index (χ1v) is 8.61. The van der Waals surface area contributed by atoms with Gasteiger partial charge in [-0.05, 0) is 13.0 Å². The standard InChI is InChI=1S/C17H14ClN3O3S/c1-10-9-25-17(20-10)21-16(23)13-6-14(22)15(7-19-13)24-8-11-4-2-3-5-12(11)18/h2-7,9H,8H2,1H3,(H,19,22)(H,20,21,23). The van der Waals surface area contributed by atoms with Crippen molar-refractivity contribution in [2.45, 2.75) is 13.5 Å². The van der Waals surface area contributed by atoms with Gasteiger partial charge in [0.15, 0.2) is 10.9 Å². The molecule has 8 heteroatoms. The number of rotatable bonds is 5. The summed E-state index contributed by atoms with van der Waals surface area (Å²) in [6, 6.07) is 8.41. The van der Waals surface area contributed by atoms with Crippen molar-refractivity contribution in [1.29, 1.82) is 0 Å². The first-order chi connectivity index (χ1) is 12.0. The van der Waals surface area contributed by atoms with Crippen LogP contribution in [0.1, 0.15) is 21.7 Å². The number of hydrogen-bond acceptors (Lipinski definition) is 5. The molecular formula is C17H14ClN3O3S. The Bertz CT molecular complexity index is 968. The van der Waals surface area contributed by atoms with E-state index < -0.39 is 11.3 Å². The molecule has 0 aliphatic carbocycles. The Labute approximate surface area is 152 Å². The number of benzene rings is 1. The van der Waals surface area contributed by atoms with Gasteiger partial charge in [-0.25, -0.2) is 4.98 Å². The van der Waals surface area contributed by atoms with E-state index in [0.717, 1.165) is 11.3 Å². The van der Waals surface area contributed by atoms with Gasteiger partial charge >= 0.3 is 0 Å². The van der Waals surface area contributed by atoms with Crippen molar-refractivity contribution in [3.8, 4) is 5.75 Å². The van der Waals surface area contributed by atoms with E-state index in [9.17, 15) is 9.59 Å². The van der Waals surface area contributed by atoms with Crippen LogP contribution in [0, 0.1) is 6.92 Å². The smallest absolute Gasteiger partial charge is 0.273 e. The number of aromatic amines is 1. The van der Waals surface area contributed by atoms with Crippen LogP contribution in [-0.2, 0) is 6.61 Å². The summed E-state index contributed by atoms with van der Waals surface area (Å²) in [4.78, 5) is 31.2. The zero-order valence-corrected chi connectivity index (χ0v) is 14.8. The van der Waals surface area contributed by atoms with Crippen molar-refractivity contribution in [3.63, 3.8) is 0 Å². The minimum Gasteiger partial charge on any atom is -0.483 e. The molecule has 0 aliphatic heterocycles. The number of H-pyrrole nitrogens is 1. The molecule has 2 aromatic heterocycles. The van der Waals surface area contributed by atoms with Gasteiger partial charge in [0.25, 0.3) is 5.91 Å². The molecule has 2 heterocycles. The molecule has 3 aromatic rings. The molecule has 0 unspecified atom stereocenters. The van der Waals surface area contributed by atoms with Crippen LogP contribution in [0.3, 0.4) is 0 Å². The number of thiazole rings is 1. The molecule has 0 bridgehead atoms. The molecule has 1 amide bonds. The topological polar surface area (TPSA) is 84.1 Å². The van der Waals surface area contributed by atoms with Gasteiger partial charge in [-0.3, -0.25) is 14.9 Å². The number of aromatic nitrogens is 2. The highest BCUT2D eigenvalue weighted by molar-refractivity contribution is 7.13. The van der Waals surface area contributed by atoms with E-state index in [1.54, 1.807) is 6.07 Å². The molecule has 0 aliphatic rings. The second-order valence-electron chi connectivity index (χ2n) is 5.20. The molecule has 2 N–H and O–H groups in total. The van der Waals surface area contributed by atoms with Gasteiger partial charge in [0.1, 0.15) is 12.3 Å². The van der Waals surface area contributed by atoms with Crippen LogP contribution in [0.25, 0.3) is 0 Å². The Morgan fingerprint density at radius 3 is 2.88 bits per heavy atom. The Morgan fingerprint density at radius 1 is 1.40 bits per heavy atom. The minimum absolute atomic E-state index is 0.113. The first kappa shape index (κ1) is 17.2. The van der Waals surface area contributed by atoms with Gasteiger partial charge in [-0.1, -0.05) is 29.8 Å². The number of carbonyl (C=O) groups is 1. The summed E-state index contributed by atoms with van der Waals surface area (Å²) >= 11 is 7.37. The molecule has 128 valence electrons. The first-order valence-electron chi connectivity index (χ1n) is 7.35. The number of hydrogen-bond donors (Lipinski definition) is 2. The maximum Gasteiger partial charge on any atom is 0.273 e. The van der Waals surface area contributed by atoms with Gasteiger partial charge in [-0.15, -0.1) is 11.3 Å². The third kappa shape index (κ3) is 4.26. The number of halogens is 1. The second-order valence-corrected chi connectivity index (χ2v) is 6.47. The fraction of sp³-hybridized carbons (Fsp3) is 0.118. The maximum absolute atomic E-state index is 12.1. The van der Waals surface area contributed by atoms with Crippen molar-refractivity contribution in [3.05, 3.63) is 74.1 Å². The number of aryl methyl sites for hydroxylation is 1. The Morgan fingerprint density at radius 2 is 2.20 bits per heavy atom. The summed E-state index contributed by atoms with van der Waals surface area (Å²) in [6.07, 6.45) is 1.36. The van der Waals surface area contributed by atoms with Crippen molar-refractivity contribution >= 4 is 34.0 Å². The monoisotopic (exact) mass is 375 g/mol. The molecule has 0 saturated heterocycles. The summed E-state index contributed by atoms with van der Waals surface area (Å²) in [5.74, 6) is -0.328. The minimum atomic E-state index is -0.441. The summed E-state index contributed by atoms with van der Waals surface area (Å²) < 4.78 is 5.49. The predicted molar refractivity (Wildman–Crippen MR) is 97.7 cm³/mol. The largest absolute Gasteiger partial charge is 0.483 e. The van der Waals surface area contributed by atoms with Crippen molar-refractivity contribution < 1.29 is 9.53 Å². The van der Waals surface area contributed by atoms with Crippen LogP contribution < -0.4 is 15.5 Å². The van der Waals surface area contributed by atoms with E-state index >= 15 is 0 Å². The zero-order valence-electron chi connectivity index (χ0n) is 13.2. The van der Waals surface area contributed by atoms with E-state index in [2.05, 4.69) is 15.3 Å². The lowest BCUT2D eigenvalue weighted by atomic mass is 10.2. The lowest BCUT2D eigenvalue weighted by molar-refractivity contribution is 0.102. The number of nitrogens with one attached hydrogen (secondary N) is 2. The quantitative estimate of drug-likeness (QED) is 0.713. The number of ether oxygens (including phenoxy) is 1. The van der Waals surface area contributed by atoms with E-state index in [-0.39, 0.29) is 18.1 Å². The molecule has 0 spiro atoms. The fourth-order valence-corrected chi connectivity index (χ4v) is 2.92. The lowest BCUT2D eigenvalue weighted by Crippen LogP contribution is -2.17. The lowest BCUT2D eigenvalue weighted by Gasteiger charge is -2.08. The van der Waals surface area contributed by atoms with Crippen LogP contribution >= 0.6 is 22.9 Å². The highest BCUT2D eigenvalue weighted by Gasteiger charge is 2.12. The third-order valence-corrected chi connectivity index (χ3v) is 4.55. The summed E-state index contributed by atoms with van der Waals surface area (Å²) in [5.41, 5.74) is 1.32. The van der Waals surface area contributed by atoms with Crippen molar-refractivity contribution in [1.82, 2.24) is 9.97 Å². The summed E-state index contributed by atoms with van der Waals surface area (Å²) in [5, 5.41) is 5.49. The number of nitrogens with zero attached hydrogens (tertiary/aromatic N) is 1. The molecular weight excluding hydrogens is 362 g/mol. The maximum atomic E-state index is 12.1. The zero-order chi connectivity index (χ0) is 17.8. The molecule has 0 atom stereocenters. The SMILES string of the molecule is Cc1csc(NC(=O)c2cc(=O)c(OCc3ccccc3Cl)c[nH]2)n1. The van der Waals surface area contributed by atoms with E-state index in [1.807, 2.05) is 30.5 Å². The number of pyridine rings is 1. The van der Waals surface area contributed by atoms with Gasteiger partial charge in [-0.2, -0.15) is 0 Å².